The SMILES string of the molecule is COc1ccc(S(=O)(=O)NCCNC(=O)N(C)Cc2ccc(Cl)cc2)cc1. The third-order valence-electron chi connectivity index (χ3n) is 3.74. The van der Waals surface area contributed by atoms with E-state index in [0.29, 0.717) is 17.3 Å². The van der Waals surface area contributed by atoms with Gasteiger partial charge in [0.05, 0.1) is 12.0 Å². The van der Waals surface area contributed by atoms with Crippen LogP contribution < -0.4 is 14.8 Å². The topological polar surface area (TPSA) is 87.7 Å². The summed E-state index contributed by atoms with van der Waals surface area (Å²) in [7, 11) is -0.473. The van der Waals surface area contributed by atoms with E-state index in [9.17, 15) is 13.2 Å². The van der Waals surface area contributed by atoms with Crippen LogP contribution in [-0.4, -0.2) is 46.6 Å². The molecule has 0 aliphatic carbocycles. The summed E-state index contributed by atoms with van der Waals surface area (Å²) < 4.78 is 31.8. The number of sulfonamides is 1. The molecule has 0 fully saturated rings. The Kier molecular flexibility index (Phi) is 7.46. The van der Waals surface area contributed by atoms with Crippen LogP contribution in [-0.2, 0) is 16.6 Å². The average Bonchev–Trinajstić information content (AvgIpc) is 2.67. The number of nitrogens with one attached hydrogen (secondary N) is 2. The molecule has 146 valence electrons. The third-order valence-corrected chi connectivity index (χ3v) is 5.47. The van der Waals surface area contributed by atoms with Gasteiger partial charge in [-0.3, -0.25) is 0 Å². The summed E-state index contributed by atoms with van der Waals surface area (Å²) in [6, 6.07) is 13.0. The van der Waals surface area contributed by atoms with Gasteiger partial charge in [0.25, 0.3) is 0 Å². The Morgan fingerprint density at radius 1 is 1.07 bits per heavy atom. The van der Waals surface area contributed by atoms with Crippen molar-refractivity contribution in [2.24, 2.45) is 0 Å². The zero-order chi connectivity index (χ0) is 19.9. The fourth-order valence-electron chi connectivity index (χ4n) is 2.26. The van der Waals surface area contributed by atoms with Crippen LogP contribution in [0, 0.1) is 0 Å². The maximum atomic E-state index is 12.2. The normalized spacial score (nSPS) is 11.1. The number of benzene rings is 2. The number of carbonyl (C=O) groups excluding carboxylic acids is 1. The van der Waals surface area contributed by atoms with Crippen molar-refractivity contribution >= 4 is 27.7 Å². The molecule has 0 aliphatic heterocycles. The summed E-state index contributed by atoms with van der Waals surface area (Å²) in [5, 5.41) is 3.30. The molecular formula is C18H22ClN3O4S. The van der Waals surface area contributed by atoms with E-state index in [4.69, 9.17) is 16.3 Å². The maximum absolute atomic E-state index is 12.2. The number of amides is 2. The summed E-state index contributed by atoms with van der Waals surface area (Å²) in [5.41, 5.74) is 0.942. The molecular weight excluding hydrogens is 390 g/mol. The smallest absolute Gasteiger partial charge is 0.317 e. The molecule has 0 bridgehead atoms. The van der Waals surface area contributed by atoms with Gasteiger partial charge in [-0.15, -0.1) is 0 Å². The zero-order valence-electron chi connectivity index (χ0n) is 15.1. The van der Waals surface area contributed by atoms with Crippen LogP contribution in [0.25, 0.3) is 0 Å². The Bertz CT molecular complexity index is 855. The second-order valence-electron chi connectivity index (χ2n) is 5.79. The quantitative estimate of drug-likeness (QED) is 0.653. The summed E-state index contributed by atoms with van der Waals surface area (Å²) in [6.45, 7) is 0.661. The molecule has 2 rings (SSSR count). The first-order valence-electron chi connectivity index (χ1n) is 8.19. The number of carbonyl (C=O) groups is 1. The first kappa shape index (κ1) is 21.0. The minimum Gasteiger partial charge on any atom is -0.497 e. The molecule has 0 aliphatic rings. The van der Waals surface area contributed by atoms with Crippen molar-refractivity contribution in [1.82, 2.24) is 14.9 Å². The van der Waals surface area contributed by atoms with E-state index in [-0.39, 0.29) is 24.0 Å². The number of methoxy groups -OCH3 is 1. The van der Waals surface area contributed by atoms with Gasteiger partial charge in [0.2, 0.25) is 10.0 Å². The minimum atomic E-state index is -3.64. The minimum absolute atomic E-state index is 0.0783. The van der Waals surface area contributed by atoms with Crippen molar-refractivity contribution < 1.29 is 17.9 Å². The zero-order valence-corrected chi connectivity index (χ0v) is 16.7. The Hall–Kier alpha value is -2.29. The van der Waals surface area contributed by atoms with Crippen molar-refractivity contribution in [2.45, 2.75) is 11.4 Å². The molecule has 0 saturated heterocycles. The molecule has 2 N–H and O–H groups in total. The maximum Gasteiger partial charge on any atom is 0.317 e. The van der Waals surface area contributed by atoms with Crippen molar-refractivity contribution in [3.8, 4) is 5.75 Å². The van der Waals surface area contributed by atoms with Crippen LogP contribution in [0.1, 0.15) is 5.56 Å². The van der Waals surface area contributed by atoms with Crippen LogP contribution in [0.3, 0.4) is 0 Å². The van der Waals surface area contributed by atoms with Crippen molar-refractivity contribution in [2.75, 3.05) is 27.2 Å². The van der Waals surface area contributed by atoms with E-state index in [1.165, 1.54) is 24.1 Å². The van der Waals surface area contributed by atoms with Gasteiger partial charge in [0, 0.05) is 31.7 Å². The highest BCUT2D eigenvalue weighted by Gasteiger charge is 2.14. The van der Waals surface area contributed by atoms with Gasteiger partial charge in [0.15, 0.2) is 0 Å². The van der Waals surface area contributed by atoms with E-state index < -0.39 is 10.0 Å². The fraction of sp³-hybridized carbons (Fsp3) is 0.278. The van der Waals surface area contributed by atoms with E-state index in [0.717, 1.165) is 5.56 Å². The average molecular weight is 412 g/mol. The Morgan fingerprint density at radius 2 is 1.70 bits per heavy atom. The molecule has 0 radical (unpaired) electrons. The van der Waals surface area contributed by atoms with Gasteiger partial charge in [-0.25, -0.2) is 17.9 Å². The van der Waals surface area contributed by atoms with Gasteiger partial charge >= 0.3 is 6.03 Å². The Balaban J connectivity index is 1.77. The number of halogens is 1. The van der Waals surface area contributed by atoms with Crippen molar-refractivity contribution in [3.05, 3.63) is 59.1 Å². The first-order chi connectivity index (χ1) is 12.8. The highest BCUT2D eigenvalue weighted by atomic mass is 35.5. The lowest BCUT2D eigenvalue weighted by atomic mass is 10.2. The molecule has 7 nitrogen and oxygen atoms in total. The number of rotatable bonds is 8. The third kappa shape index (κ3) is 6.42. The number of hydrogen-bond acceptors (Lipinski definition) is 4. The largest absolute Gasteiger partial charge is 0.497 e. The van der Waals surface area contributed by atoms with Crippen LogP contribution in [0.2, 0.25) is 5.02 Å². The summed E-state index contributed by atoms with van der Waals surface area (Å²) in [4.78, 5) is 13.7. The van der Waals surface area contributed by atoms with Crippen LogP contribution >= 0.6 is 11.6 Å². The van der Waals surface area contributed by atoms with E-state index in [1.807, 2.05) is 12.1 Å². The van der Waals surface area contributed by atoms with Gasteiger partial charge in [-0.2, -0.15) is 0 Å². The lowest BCUT2D eigenvalue weighted by Gasteiger charge is -2.18. The number of hydrogen-bond donors (Lipinski definition) is 2. The highest BCUT2D eigenvalue weighted by Crippen LogP contribution is 2.15. The lowest BCUT2D eigenvalue weighted by molar-refractivity contribution is 0.207. The Labute approximate surface area is 164 Å². The number of urea groups is 1. The molecule has 0 spiro atoms. The molecule has 0 atom stereocenters. The number of nitrogens with zero attached hydrogens (tertiary/aromatic N) is 1. The van der Waals surface area contributed by atoms with Crippen LogP contribution in [0.5, 0.6) is 5.75 Å². The van der Waals surface area contributed by atoms with Crippen molar-refractivity contribution in [1.29, 1.82) is 0 Å². The predicted molar refractivity (Wildman–Crippen MR) is 105 cm³/mol. The first-order valence-corrected chi connectivity index (χ1v) is 10.0. The van der Waals surface area contributed by atoms with Crippen molar-refractivity contribution in [3.63, 3.8) is 0 Å². The van der Waals surface area contributed by atoms with Gasteiger partial charge in [-0.05, 0) is 42.0 Å². The second-order valence-corrected chi connectivity index (χ2v) is 7.99. The van der Waals surface area contributed by atoms with Gasteiger partial charge < -0.3 is 15.0 Å². The molecule has 2 amide bonds. The van der Waals surface area contributed by atoms with E-state index in [2.05, 4.69) is 10.0 Å². The van der Waals surface area contributed by atoms with Gasteiger partial charge in [0.1, 0.15) is 5.75 Å². The predicted octanol–water partition coefficient (Wildman–Crippen LogP) is 2.47. The van der Waals surface area contributed by atoms with Gasteiger partial charge in [-0.1, -0.05) is 23.7 Å². The highest BCUT2D eigenvalue weighted by molar-refractivity contribution is 7.89. The van der Waals surface area contributed by atoms with E-state index >= 15 is 0 Å². The second kappa shape index (κ2) is 9.59. The molecule has 0 unspecified atom stereocenters. The molecule has 27 heavy (non-hydrogen) atoms. The molecule has 0 saturated carbocycles. The molecule has 2 aromatic rings. The summed E-state index contributed by atoms with van der Waals surface area (Å²) >= 11 is 5.84. The standard InChI is InChI=1S/C18H22ClN3O4S/c1-22(13-14-3-5-15(19)6-4-14)18(23)20-11-12-21-27(24,25)17-9-7-16(26-2)8-10-17/h3-10,21H,11-13H2,1-2H3,(H,20,23). The monoisotopic (exact) mass is 411 g/mol. The lowest BCUT2D eigenvalue weighted by Crippen LogP contribution is -2.40. The molecule has 2 aromatic carbocycles. The van der Waals surface area contributed by atoms with Crippen LogP contribution in [0.4, 0.5) is 4.79 Å². The molecule has 0 heterocycles. The van der Waals surface area contributed by atoms with E-state index in [1.54, 1.807) is 31.3 Å². The molecule has 0 aromatic heterocycles. The summed E-state index contributed by atoms with van der Waals surface area (Å²) in [5.74, 6) is 0.574. The molecule has 9 heteroatoms. The van der Waals surface area contributed by atoms with Crippen LogP contribution in [0.15, 0.2) is 53.4 Å². The Morgan fingerprint density at radius 3 is 2.30 bits per heavy atom. The fourth-order valence-corrected chi connectivity index (χ4v) is 3.42. The summed E-state index contributed by atoms with van der Waals surface area (Å²) in [6.07, 6.45) is 0. The number of ether oxygens (including phenoxy) is 1.